The number of aliphatic hydroxyl groups excluding tert-OH is 1. The van der Waals surface area contributed by atoms with E-state index in [4.69, 9.17) is 10.5 Å². The Hall–Kier alpha value is -2.85. The number of hydrogen-bond acceptors (Lipinski definition) is 7. The van der Waals surface area contributed by atoms with Crippen molar-refractivity contribution in [2.24, 2.45) is 5.73 Å². The minimum Gasteiger partial charge on any atom is -0.396 e. The third kappa shape index (κ3) is 5.56. The Bertz CT molecular complexity index is 1130. The number of carbonyl (C=O) groups excluding carboxylic acids is 1. The number of halogens is 1. The first-order valence-corrected chi connectivity index (χ1v) is 11.6. The van der Waals surface area contributed by atoms with Gasteiger partial charge in [0.05, 0.1) is 24.5 Å². The number of thiophene rings is 1. The van der Waals surface area contributed by atoms with Gasteiger partial charge in [0.2, 0.25) is 0 Å². The highest BCUT2D eigenvalue weighted by Crippen LogP contribution is 2.38. The summed E-state index contributed by atoms with van der Waals surface area (Å²) in [6.07, 6.45) is 0. The van der Waals surface area contributed by atoms with Crippen LogP contribution in [0.2, 0.25) is 0 Å². The van der Waals surface area contributed by atoms with E-state index in [1.807, 2.05) is 25.1 Å². The topological polar surface area (TPSA) is 101 Å². The Balaban J connectivity index is 1.58. The largest absolute Gasteiger partial charge is 0.396 e. The second kappa shape index (κ2) is 10.4. The van der Waals surface area contributed by atoms with Crippen LogP contribution in [0.5, 0.6) is 0 Å². The number of aromatic nitrogens is 1. The number of hydrogen-bond donors (Lipinski definition) is 3. The molecule has 1 saturated heterocycles. The van der Waals surface area contributed by atoms with Crippen molar-refractivity contribution in [3.8, 4) is 10.4 Å². The standard InChI is InChI=1S/C24H27FN4O3S/c1-15(14-30)16-5-6-18(20(25)11-16)21-12-19(23(26)31)24(33-21)28-22-4-2-3-17(27-22)13-29-7-9-32-10-8-29/h2-6,11-12,15,30H,7-10,13-14H2,1H3,(H2,26,31)(H,27,28). The van der Waals surface area contributed by atoms with Gasteiger partial charge in [-0.2, -0.15) is 0 Å². The molecule has 174 valence electrons. The molecule has 1 aromatic carbocycles. The molecule has 9 heteroatoms. The van der Waals surface area contributed by atoms with Crippen molar-refractivity contribution in [1.29, 1.82) is 0 Å². The first-order valence-electron chi connectivity index (χ1n) is 10.8. The van der Waals surface area contributed by atoms with Gasteiger partial charge in [0.1, 0.15) is 16.6 Å². The van der Waals surface area contributed by atoms with Gasteiger partial charge in [-0.25, -0.2) is 9.37 Å². The van der Waals surface area contributed by atoms with Crippen LogP contribution in [0.1, 0.15) is 34.5 Å². The highest BCUT2D eigenvalue weighted by Gasteiger charge is 2.19. The smallest absolute Gasteiger partial charge is 0.251 e. The summed E-state index contributed by atoms with van der Waals surface area (Å²) < 4.78 is 20.2. The first-order chi connectivity index (χ1) is 15.9. The molecule has 0 aliphatic carbocycles. The molecule has 1 unspecified atom stereocenters. The van der Waals surface area contributed by atoms with E-state index in [9.17, 15) is 14.3 Å². The average Bonchev–Trinajstić information content (AvgIpc) is 3.23. The minimum absolute atomic E-state index is 0.0602. The molecular formula is C24H27FN4O3S. The van der Waals surface area contributed by atoms with Crippen molar-refractivity contribution >= 4 is 28.1 Å². The lowest BCUT2D eigenvalue weighted by atomic mass is 9.99. The van der Waals surface area contributed by atoms with Gasteiger partial charge in [0, 0.05) is 42.6 Å². The van der Waals surface area contributed by atoms with Crippen molar-refractivity contribution in [1.82, 2.24) is 9.88 Å². The zero-order valence-corrected chi connectivity index (χ0v) is 19.2. The van der Waals surface area contributed by atoms with E-state index >= 15 is 0 Å². The van der Waals surface area contributed by atoms with Gasteiger partial charge in [0.15, 0.2) is 0 Å². The number of primary amides is 1. The lowest BCUT2D eigenvalue weighted by Gasteiger charge is -2.26. The Morgan fingerprint density at radius 2 is 2.09 bits per heavy atom. The van der Waals surface area contributed by atoms with Gasteiger partial charge in [-0.3, -0.25) is 9.69 Å². The van der Waals surface area contributed by atoms with Crippen LogP contribution in [0.15, 0.2) is 42.5 Å². The number of nitrogens with zero attached hydrogens (tertiary/aromatic N) is 2. The number of benzene rings is 1. The number of ether oxygens (including phenoxy) is 1. The summed E-state index contributed by atoms with van der Waals surface area (Å²) in [4.78, 5) is 19.6. The summed E-state index contributed by atoms with van der Waals surface area (Å²) >= 11 is 1.24. The van der Waals surface area contributed by atoms with Gasteiger partial charge in [-0.15, -0.1) is 11.3 Å². The number of pyridine rings is 1. The number of anilines is 2. The van der Waals surface area contributed by atoms with Crippen LogP contribution >= 0.6 is 11.3 Å². The number of amides is 1. The molecule has 0 radical (unpaired) electrons. The SMILES string of the molecule is CC(CO)c1ccc(-c2cc(C(N)=O)c(Nc3cccc(CN4CCOCC4)n3)s2)c(F)c1. The molecule has 33 heavy (non-hydrogen) atoms. The number of nitrogens with two attached hydrogens (primary N) is 1. The fourth-order valence-electron chi connectivity index (χ4n) is 3.68. The van der Waals surface area contributed by atoms with E-state index in [-0.39, 0.29) is 18.1 Å². The predicted octanol–water partition coefficient (Wildman–Crippen LogP) is 3.72. The molecule has 1 aliphatic heterocycles. The second-order valence-electron chi connectivity index (χ2n) is 8.07. The Morgan fingerprint density at radius 1 is 1.30 bits per heavy atom. The number of aliphatic hydroxyl groups is 1. The normalized spacial score (nSPS) is 15.4. The molecule has 4 rings (SSSR count). The van der Waals surface area contributed by atoms with Crippen molar-refractivity contribution in [2.45, 2.75) is 19.4 Å². The van der Waals surface area contributed by atoms with Crippen LogP contribution < -0.4 is 11.1 Å². The summed E-state index contributed by atoms with van der Waals surface area (Å²) in [5.74, 6) is -0.590. The molecule has 0 saturated carbocycles. The summed E-state index contributed by atoms with van der Waals surface area (Å²) in [7, 11) is 0. The third-order valence-corrected chi connectivity index (χ3v) is 6.72. The van der Waals surface area contributed by atoms with Crippen molar-refractivity contribution < 1.29 is 19.0 Å². The molecule has 4 N–H and O–H groups in total. The van der Waals surface area contributed by atoms with Crippen LogP contribution in [-0.2, 0) is 11.3 Å². The maximum Gasteiger partial charge on any atom is 0.251 e. The second-order valence-corrected chi connectivity index (χ2v) is 9.12. The number of rotatable bonds is 8. The first kappa shape index (κ1) is 23.3. The van der Waals surface area contributed by atoms with Crippen molar-refractivity contribution in [2.75, 3.05) is 38.2 Å². The van der Waals surface area contributed by atoms with E-state index in [1.54, 1.807) is 18.2 Å². The third-order valence-electron chi connectivity index (χ3n) is 5.64. The van der Waals surface area contributed by atoms with Gasteiger partial charge in [-0.05, 0) is 29.8 Å². The Morgan fingerprint density at radius 3 is 2.79 bits per heavy atom. The average molecular weight is 471 g/mol. The lowest BCUT2D eigenvalue weighted by molar-refractivity contribution is 0.0337. The molecule has 0 spiro atoms. The summed E-state index contributed by atoms with van der Waals surface area (Å²) in [6, 6.07) is 12.2. The van der Waals surface area contributed by atoms with E-state index in [0.717, 1.165) is 18.8 Å². The number of nitrogens with one attached hydrogen (secondary N) is 1. The minimum atomic E-state index is -0.601. The van der Waals surface area contributed by atoms with Crippen LogP contribution in [0, 0.1) is 5.82 Å². The van der Waals surface area contributed by atoms with Crippen molar-refractivity contribution in [3.63, 3.8) is 0 Å². The summed E-state index contributed by atoms with van der Waals surface area (Å²) in [6.45, 7) is 5.63. The molecule has 1 fully saturated rings. The highest BCUT2D eigenvalue weighted by atomic mass is 32.1. The Labute approximate surface area is 196 Å². The number of morpholine rings is 1. The molecule has 7 nitrogen and oxygen atoms in total. The fraction of sp³-hybridized carbons (Fsp3) is 0.333. The van der Waals surface area contributed by atoms with Gasteiger partial charge in [-0.1, -0.05) is 25.1 Å². The van der Waals surface area contributed by atoms with E-state index < -0.39 is 11.7 Å². The maximum absolute atomic E-state index is 14.8. The van der Waals surface area contributed by atoms with Crippen molar-refractivity contribution in [3.05, 3.63) is 65.1 Å². The zero-order chi connectivity index (χ0) is 23.4. The summed E-state index contributed by atoms with van der Waals surface area (Å²) in [5, 5.41) is 13.0. The van der Waals surface area contributed by atoms with Crippen LogP contribution in [0.3, 0.4) is 0 Å². The highest BCUT2D eigenvalue weighted by molar-refractivity contribution is 7.19. The van der Waals surface area contributed by atoms with Crippen LogP contribution in [0.4, 0.5) is 15.2 Å². The van der Waals surface area contributed by atoms with Crippen LogP contribution in [0.25, 0.3) is 10.4 Å². The quantitative estimate of drug-likeness (QED) is 0.464. The van der Waals surface area contributed by atoms with Gasteiger partial charge >= 0.3 is 0 Å². The molecule has 3 heterocycles. The Kier molecular flexibility index (Phi) is 7.34. The molecule has 1 atom stereocenters. The monoisotopic (exact) mass is 470 g/mol. The maximum atomic E-state index is 14.8. The zero-order valence-electron chi connectivity index (χ0n) is 18.4. The molecule has 1 aliphatic rings. The predicted molar refractivity (Wildman–Crippen MR) is 127 cm³/mol. The fourth-order valence-corrected chi connectivity index (χ4v) is 4.78. The van der Waals surface area contributed by atoms with E-state index in [2.05, 4.69) is 15.2 Å². The molecule has 2 aromatic heterocycles. The van der Waals surface area contributed by atoms with E-state index in [1.165, 1.54) is 17.4 Å². The molecule has 0 bridgehead atoms. The summed E-state index contributed by atoms with van der Waals surface area (Å²) in [5.41, 5.74) is 7.87. The molecular weight excluding hydrogens is 443 g/mol. The molecule has 1 amide bonds. The number of carbonyl (C=O) groups is 1. The van der Waals surface area contributed by atoms with E-state index in [0.29, 0.717) is 46.6 Å². The van der Waals surface area contributed by atoms with Crippen LogP contribution in [-0.4, -0.2) is 53.8 Å². The van der Waals surface area contributed by atoms with Gasteiger partial charge in [0.25, 0.3) is 5.91 Å². The van der Waals surface area contributed by atoms with Gasteiger partial charge < -0.3 is 20.9 Å². The lowest BCUT2D eigenvalue weighted by Crippen LogP contribution is -2.35. The molecule has 3 aromatic rings.